The van der Waals surface area contributed by atoms with E-state index in [1.54, 1.807) is 43.9 Å². The zero-order chi connectivity index (χ0) is 34.0. The second-order valence-corrected chi connectivity index (χ2v) is 13.1. The monoisotopic (exact) mass is 730 g/mol. The van der Waals surface area contributed by atoms with Gasteiger partial charge in [0.25, 0.3) is 11.8 Å². The summed E-state index contributed by atoms with van der Waals surface area (Å²) in [4.78, 5) is 28.2. The average Bonchev–Trinajstić information content (AvgIpc) is 3.69. The first-order valence-electron chi connectivity index (χ1n) is 15.1. The number of amides is 2. The van der Waals surface area contributed by atoms with Gasteiger partial charge in [0.15, 0.2) is 23.3 Å². The van der Waals surface area contributed by atoms with Crippen LogP contribution in [0.3, 0.4) is 0 Å². The van der Waals surface area contributed by atoms with E-state index in [2.05, 4.69) is 45.3 Å². The van der Waals surface area contributed by atoms with Crippen LogP contribution in [0.5, 0.6) is 17.2 Å². The highest BCUT2D eigenvalue weighted by atomic mass is 79.9. The molecule has 3 aromatic carbocycles. The quantitative estimate of drug-likeness (QED) is 0.0845. The summed E-state index contributed by atoms with van der Waals surface area (Å²) in [5.74, 6) is 2.06. The van der Waals surface area contributed by atoms with Crippen LogP contribution in [0.25, 0.3) is 6.08 Å². The predicted octanol–water partition coefficient (Wildman–Crippen LogP) is 7.92. The molecule has 10 nitrogen and oxygen atoms in total. The van der Waals surface area contributed by atoms with Crippen LogP contribution in [0.2, 0.25) is 0 Å². The molecule has 248 valence electrons. The van der Waals surface area contributed by atoms with Crippen molar-refractivity contribution >= 4 is 62.7 Å². The van der Waals surface area contributed by atoms with Crippen LogP contribution < -0.4 is 19.5 Å². The number of amidine groups is 1. The van der Waals surface area contributed by atoms with E-state index in [9.17, 15) is 9.59 Å². The van der Waals surface area contributed by atoms with E-state index in [0.29, 0.717) is 56.9 Å². The summed E-state index contributed by atoms with van der Waals surface area (Å²) in [5, 5.41) is 11.9. The Morgan fingerprint density at radius 1 is 1.04 bits per heavy atom. The molecule has 48 heavy (non-hydrogen) atoms. The lowest BCUT2D eigenvalue weighted by Crippen LogP contribution is -2.28. The van der Waals surface area contributed by atoms with Crippen LogP contribution in [0.15, 0.2) is 103 Å². The molecule has 0 spiro atoms. The van der Waals surface area contributed by atoms with Gasteiger partial charge in [0.2, 0.25) is 0 Å². The van der Waals surface area contributed by atoms with Crippen molar-refractivity contribution in [3.63, 3.8) is 0 Å². The van der Waals surface area contributed by atoms with E-state index in [1.807, 2.05) is 61.5 Å². The largest absolute Gasteiger partial charge is 0.493 e. The second kappa shape index (κ2) is 16.3. The van der Waals surface area contributed by atoms with Gasteiger partial charge in [-0.25, -0.2) is 0 Å². The number of nitrogens with zero attached hydrogens (tertiary/aromatic N) is 3. The van der Waals surface area contributed by atoms with Crippen LogP contribution in [0, 0.1) is 12.8 Å². The van der Waals surface area contributed by atoms with Gasteiger partial charge in [-0.1, -0.05) is 47.5 Å². The molecule has 4 aromatic rings. The molecule has 1 aliphatic heterocycles. The molecule has 2 heterocycles. The first-order valence-corrected chi connectivity index (χ1v) is 16.7. The molecule has 1 fully saturated rings. The number of furan rings is 1. The van der Waals surface area contributed by atoms with E-state index >= 15 is 0 Å². The number of rotatable bonds is 13. The van der Waals surface area contributed by atoms with Crippen LogP contribution in [-0.2, 0) is 16.1 Å². The minimum atomic E-state index is -0.307. The van der Waals surface area contributed by atoms with Gasteiger partial charge in [-0.3, -0.25) is 14.5 Å². The van der Waals surface area contributed by atoms with Crippen molar-refractivity contribution in [3.05, 3.63) is 111 Å². The fourth-order valence-electron chi connectivity index (χ4n) is 4.45. The van der Waals surface area contributed by atoms with E-state index in [1.165, 1.54) is 16.7 Å². The Labute approximate surface area is 292 Å². The Morgan fingerprint density at radius 2 is 1.83 bits per heavy atom. The number of ether oxygens (including phenoxy) is 3. The lowest BCUT2D eigenvalue weighted by atomic mass is 10.2. The Kier molecular flexibility index (Phi) is 11.8. The zero-order valence-electron chi connectivity index (χ0n) is 26.9. The van der Waals surface area contributed by atoms with Gasteiger partial charge in [-0.05, 0) is 96.9 Å². The molecule has 1 saturated heterocycles. The predicted molar refractivity (Wildman–Crippen MR) is 193 cm³/mol. The third-order valence-electron chi connectivity index (χ3n) is 6.84. The highest BCUT2D eigenvalue weighted by Crippen LogP contribution is 2.36. The Morgan fingerprint density at radius 3 is 2.56 bits per heavy atom. The van der Waals surface area contributed by atoms with Gasteiger partial charge in [-0.2, -0.15) is 5.10 Å². The third-order valence-corrected chi connectivity index (χ3v) is 8.33. The first kappa shape index (κ1) is 34.5. The van der Waals surface area contributed by atoms with E-state index < -0.39 is 0 Å². The zero-order valence-corrected chi connectivity index (χ0v) is 29.3. The van der Waals surface area contributed by atoms with Crippen molar-refractivity contribution in [3.8, 4) is 17.2 Å². The number of halogens is 1. The number of carbonyl (C=O) groups excluding carboxylic acids is 2. The maximum absolute atomic E-state index is 13.7. The van der Waals surface area contributed by atoms with Gasteiger partial charge in [0.05, 0.1) is 37.6 Å². The fraction of sp³-hybridized carbons (Fsp3) is 0.222. The second-order valence-electron chi connectivity index (χ2n) is 11.2. The Bertz CT molecular complexity index is 1840. The summed E-state index contributed by atoms with van der Waals surface area (Å²) in [6.07, 6.45) is 4.85. The maximum Gasteiger partial charge on any atom is 0.267 e. The van der Waals surface area contributed by atoms with Crippen LogP contribution in [-0.4, -0.2) is 48.4 Å². The van der Waals surface area contributed by atoms with Crippen molar-refractivity contribution < 1.29 is 28.2 Å². The summed E-state index contributed by atoms with van der Waals surface area (Å²) in [5.41, 5.74) is 3.13. The highest BCUT2D eigenvalue weighted by molar-refractivity contribution is 9.10. The standard InChI is InChI=1S/C36H35BrN4O6S/c1-23(2)21-46-31-13-9-25(16-32(31)44-4)19-38-40-36-41(20-29-6-5-15-45-29)35(43)33(48-36)18-26-17-27(37)10-14-30(26)47-22-34(42)39-28-11-7-24(3)8-12-28/h5-19,23H,20-22H2,1-4H3,(H,39,42)/b33-18-,38-19-,40-36+. The highest BCUT2D eigenvalue weighted by Gasteiger charge is 2.34. The maximum atomic E-state index is 13.7. The molecule has 0 aliphatic carbocycles. The number of carbonyl (C=O) groups is 2. The van der Waals surface area contributed by atoms with Crippen molar-refractivity contribution in [2.45, 2.75) is 27.3 Å². The molecule has 1 aromatic heterocycles. The molecule has 0 atom stereocenters. The fourth-order valence-corrected chi connectivity index (χ4v) is 5.75. The van der Waals surface area contributed by atoms with Gasteiger partial charge in [-0.15, -0.1) is 5.10 Å². The van der Waals surface area contributed by atoms with Crippen LogP contribution in [0.1, 0.15) is 36.3 Å². The van der Waals surface area contributed by atoms with Crippen LogP contribution in [0.4, 0.5) is 5.69 Å². The minimum absolute atomic E-state index is 0.168. The number of nitrogens with one attached hydrogen (secondary N) is 1. The van der Waals surface area contributed by atoms with Crippen molar-refractivity contribution in [2.75, 3.05) is 25.6 Å². The number of anilines is 1. The molecule has 0 saturated carbocycles. The molecule has 0 radical (unpaired) electrons. The molecular weight excluding hydrogens is 696 g/mol. The number of benzene rings is 3. The average molecular weight is 732 g/mol. The number of hydrogen-bond acceptors (Lipinski definition) is 9. The lowest BCUT2D eigenvalue weighted by Gasteiger charge is -2.13. The van der Waals surface area contributed by atoms with Gasteiger partial charge in [0, 0.05) is 15.7 Å². The molecule has 1 N–H and O–H groups in total. The number of thioether (sulfide) groups is 1. The van der Waals surface area contributed by atoms with Crippen LogP contribution >= 0.6 is 27.7 Å². The molecular formula is C36H35BrN4O6S. The molecule has 12 heteroatoms. The van der Waals surface area contributed by atoms with Crippen molar-refractivity contribution in [2.24, 2.45) is 16.1 Å². The number of aryl methyl sites for hydroxylation is 1. The third kappa shape index (κ3) is 9.39. The SMILES string of the molecule is COc1cc(/C=N\N=C2\S/C(=C\c3cc(Br)ccc3OCC(=O)Nc3ccc(C)cc3)C(=O)N2Cc2ccco2)ccc1OCC(C)C. The topological polar surface area (TPSA) is 115 Å². The van der Waals surface area contributed by atoms with E-state index in [-0.39, 0.29) is 25.0 Å². The molecule has 2 amide bonds. The molecule has 1 aliphatic rings. The van der Waals surface area contributed by atoms with Gasteiger partial charge < -0.3 is 23.9 Å². The normalized spacial score (nSPS) is 14.8. The molecule has 5 rings (SSSR count). The number of hydrogen-bond donors (Lipinski definition) is 1. The molecule has 0 unspecified atom stereocenters. The lowest BCUT2D eigenvalue weighted by molar-refractivity contribution is -0.122. The van der Waals surface area contributed by atoms with E-state index in [4.69, 9.17) is 18.6 Å². The van der Waals surface area contributed by atoms with Gasteiger partial charge in [0.1, 0.15) is 11.5 Å². The van der Waals surface area contributed by atoms with Crippen molar-refractivity contribution in [1.82, 2.24) is 4.90 Å². The summed E-state index contributed by atoms with van der Waals surface area (Å²) in [6, 6.07) is 21.9. The van der Waals surface area contributed by atoms with E-state index in [0.717, 1.165) is 15.6 Å². The summed E-state index contributed by atoms with van der Waals surface area (Å²) in [7, 11) is 1.59. The number of methoxy groups -OCH3 is 1. The summed E-state index contributed by atoms with van der Waals surface area (Å²) in [6.45, 7) is 6.66. The first-order chi connectivity index (χ1) is 23.2. The summed E-state index contributed by atoms with van der Waals surface area (Å²) >= 11 is 4.68. The Hall–Kier alpha value is -4.81. The smallest absolute Gasteiger partial charge is 0.267 e. The van der Waals surface area contributed by atoms with Gasteiger partial charge >= 0.3 is 0 Å². The molecule has 0 bridgehead atoms. The van der Waals surface area contributed by atoms with Crippen molar-refractivity contribution in [1.29, 1.82) is 0 Å². The Balaban J connectivity index is 1.35. The summed E-state index contributed by atoms with van der Waals surface area (Å²) < 4.78 is 23.6. The minimum Gasteiger partial charge on any atom is -0.493 e.